The number of nitrogens with one attached hydrogen (secondary N) is 2. The van der Waals surface area contributed by atoms with Gasteiger partial charge < -0.3 is 25.0 Å². The van der Waals surface area contributed by atoms with E-state index >= 15 is 0 Å². The van der Waals surface area contributed by atoms with Crippen molar-refractivity contribution in [2.24, 2.45) is 0 Å². The Balaban J connectivity index is 1.69. The lowest BCUT2D eigenvalue weighted by atomic mass is 9.94. The minimum atomic E-state index is -0.713. The van der Waals surface area contributed by atoms with Crippen molar-refractivity contribution in [3.8, 4) is 11.5 Å². The number of carbonyl (C=O) groups excluding carboxylic acids is 3. The number of allylic oxidation sites excluding steroid dienone is 1. The summed E-state index contributed by atoms with van der Waals surface area (Å²) in [7, 11) is 1.54. The van der Waals surface area contributed by atoms with Crippen molar-refractivity contribution < 1.29 is 23.9 Å². The number of likely N-dealkylation sites (tertiary alicyclic amines) is 1. The highest BCUT2D eigenvalue weighted by molar-refractivity contribution is 6.29. The van der Waals surface area contributed by atoms with E-state index in [2.05, 4.69) is 10.6 Å². The molecule has 8 nitrogen and oxygen atoms in total. The number of carbonyl (C=O) groups is 3. The molecule has 1 saturated heterocycles. The molecular weight excluding hydrogens is 410 g/mol. The molecule has 2 aliphatic heterocycles. The van der Waals surface area contributed by atoms with Gasteiger partial charge in [-0.1, -0.05) is 17.7 Å². The summed E-state index contributed by atoms with van der Waals surface area (Å²) in [6.45, 7) is 2.67. The van der Waals surface area contributed by atoms with E-state index in [0.29, 0.717) is 48.0 Å². The summed E-state index contributed by atoms with van der Waals surface area (Å²) in [6.07, 6.45) is 2.87. The van der Waals surface area contributed by atoms with E-state index in [1.165, 1.54) is 12.0 Å². The molecule has 1 fully saturated rings. The number of hydrogen-bond donors (Lipinski definition) is 2. The smallest absolute Gasteiger partial charge is 0.255 e. The summed E-state index contributed by atoms with van der Waals surface area (Å²) in [6, 6.07) is 5.09. The van der Waals surface area contributed by atoms with E-state index in [1.54, 1.807) is 31.2 Å². The molecule has 0 saturated carbocycles. The van der Waals surface area contributed by atoms with Gasteiger partial charge in [-0.15, -0.1) is 0 Å². The van der Waals surface area contributed by atoms with Crippen LogP contribution in [0.5, 0.6) is 11.5 Å². The normalized spacial score (nSPS) is 21.8. The van der Waals surface area contributed by atoms with E-state index < -0.39 is 5.60 Å². The lowest BCUT2D eigenvalue weighted by molar-refractivity contribution is -0.135. The average Bonchev–Trinajstić information content (AvgIpc) is 2.95. The van der Waals surface area contributed by atoms with Crippen LogP contribution in [0.2, 0.25) is 0 Å². The van der Waals surface area contributed by atoms with Crippen LogP contribution in [0.1, 0.15) is 36.5 Å². The average molecular weight is 436 g/mol. The second-order valence-electron chi connectivity index (χ2n) is 7.49. The van der Waals surface area contributed by atoms with Gasteiger partial charge in [0.25, 0.3) is 5.91 Å². The minimum absolute atomic E-state index is 0.0236. The van der Waals surface area contributed by atoms with Gasteiger partial charge in [0.15, 0.2) is 0 Å². The van der Waals surface area contributed by atoms with Crippen molar-refractivity contribution in [1.82, 2.24) is 15.5 Å². The monoisotopic (exact) mass is 435 g/mol. The van der Waals surface area contributed by atoms with Crippen molar-refractivity contribution in [1.29, 1.82) is 0 Å². The summed E-state index contributed by atoms with van der Waals surface area (Å²) in [4.78, 5) is 38.8. The van der Waals surface area contributed by atoms with Gasteiger partial charge >= 0.3 is 0 Å². The number of hydrogen-bond acceptors (Lipinski definition) is 5. The fourth-order valence-corrected chi connectivity index (χ4v) is 3.65. The first-order chi connectivity index (χ1) is 14.3. The highest BCUT2D eigenvalue weighted by Gasteiger charge is 2.40. The Labute approximate surface area is 180 Å². The van der Waals surface area contributed by atoms with Crippen molar-refractivity contribution >= 4 is 29.3 Å². The molecule has 0 bridgehead atoms. The fourth-order valence-electron chi connectivity index (χ4n) is 3.57. The summed E-state index contributed by atoms with van der Waals surface area (Å²) in [5.74, 6) is 0.431. The topological polar surface area (TPSA) is 97.0 Å². The fraction of sp³-hybridized carbons (Fsp3) is 0.476. The molecule has 0 radical (unpaired) electrons. The summed E-state index contributed by atoms with van der Waals surface area (Å²) < 4.78 is 11.5. The molecule has 1 atom stereocenters. The second kappa shape index (κ2) is 9.38. The number of rotatable bonds is 5. The zero-order valence-electron chi connectivity index (χ0n) is 17.1. The van der Waals surface area contributed by atoms with Crippen LogP contribution in [0.25, 0.3) is 0 Å². The third kappa shape index (κ3) is 5.24. The molecule has 3 rings (SSSR count). The highest BCUT2D eigenvalue weighted by Crippen LogP contribution is 2.34. The zero-order chi connectivity index (χ0) is 21.7. The summed E-state index contributed by atoms with van der Waals surface area (Å²) in [5.41, 5.74) is -0.310. The van der Waals surface area contributed by atoms with E-state index in [-0.39, 0.29) is 37.2 Å². The van der Waals surface area contributed by atoms with Crippen LogP contribution < -0.4 is 20.1 Å². The maximum atomic E-state index is 12.6. The first-order valence-electron chi connectivity index (χ1n) is 9.84. The molecule has 2 aliphatic rings. The maximum absolute atomic E-state index is 12.6. The number of fused-ring (bicyclic) bond motifs is 1. The molecule has 9 heteroatoms. The number of ether oxygens (including phenoxy) is 2. The molecule has 30 heavy (non-hydrogen) atoms. The van der Waals surface area contributed by atoms with Gasteiger partial charge in [0.1, 0.15) is 17.1 Å². The maximum Gasteiger partial charge on any atom is 0.255 e. The van der Waals surface area contributed by atoms with Crippen LogP contribution in [-0.4, -0.2) is 61.5 Å². The Morgan fingerprint density at radius 3 is 2.93 bits per heavy atom. The molecule has 2 N–H and O–H groups in total. The van der Waals surface area contributed by atoms with Crippen LogP contribution in [0.4, 0.5) is 0 Å². The van der Waals surface area contributed by atoms with Gasteiger partial charge in [-0.3, -0.25) is 14.4 Å². The number of benzene rings is 1. The van der Waals surface area contributed by atoms with Gasteiger partial charge in [0, 0.05) is 31.0 Å². The van der Waals surface area contributed by atoms with Crippen molar-refractivity contribution in [2.45, 2.75) is 31.8 Å². The Morgan fingerprint density at radius 1 is 1.40 bits per heavy atom. The molecular formula is C21H26ClN3O5. The predicted octanol–water partition coefficient (Wildman–Crippen LogP) is 1.83. The zero-order valence-corrected chi connectivity index (χ0v) is 17.9. The van der Waals surface area contributed by atoms with Gasteiger partial charge in [0.2, 0.25) is 11.8 Å². The summed E-state index contributed by atoms with van der Waals surface area (Å²) >= 11 is 5.75. The Hall–Kier alpha value is -2.74. The quantitative estimate of drug-likeness (QED) is 0.735. The first kappa shape index (κ1) is 22.0. The van der Waals surface area contributed by atoms with Crippen LogP contribution >= 0.6 is 11.6 Å². The van der Waals surface area contributed by atoms with E-state index in [4.69, 9.17) is 21.1 Å². The Morgan fingerprint density at radius 2 is 2.20 bits per heavy atom. The lowest BCUT2D eigenvalue weighted by Gasteiger charge is -2.32. The van der Waals surface area contributed by atoms with Crippen LogP contribution in [0.3, 0.4) is 0 Å². The number of nitrogens with zero attached hydrogens (tertiary/aromatic N) is 1. The number of halogens is 1. The van der Waals surface area contributed by atoms with Gasteiger partial charge in [-0.25, -0.2) is 0 Å². The molecule has 2 heterocycles. The minimum Gasteiger partial charge on any atom is -0.497 e. The predicted molar refractivity (Wildman–Crippen MR) is 112 cm³/mol. The van der Waals surface area contributed by atoms with Crippen molar-refractivity contribution in [3.05, 3.63) is 34.9 Å². The standard InChI is InChI=1S/C21H26ClN3O5/c1-14(22)6-9-23-18(26)12-25-10-8-21(7-5-19(25)27)13-24-20(28)16-11-15(29-2)3-4-17(16)30-21/h3-4,6,11H,5,7-10,12-13H2,1-2H3,(H,23,26)(H,24,28)/b14-6-. The molecule has 1 aromatic rings. The second-order valence-corrected chi connectivity index (χ2v) is 8.09. The van der Waals surface area contributed by atoms with Crippen molar-refractivity contribution in [3.63, 3.8) is 0 Å². The van der Waals surface area contributed by atoms with Gasteiger partial charge in [0.05, 0.1) is 25.8 Å². The molecule has 1 aromatic carbocycles. The lowest BCUT2D eigenvalue weighted by Crippen LogP contribution is -2.46. The molecule has 1 spiro atoms. The van der Waals surface area contributed by atoms with Crippen LogP contribution in [0.15, 0.2) is 29.3 Å². The Bertz CT molecular complexity index is 868. The third-order valence-corrected chi connectivity index (χ3v) is 5.48. The van der Waals surface area contributed by atoms with E-state index in [9.17, 15) is 14.4 Å². The molecule has 0 aliphatic carbocycles. The first-order valence-corrected chi connectivity index (χ1v) is 10.2. The number of amides is 3. The van der Waals surface area contributed by atoms with Crippen LogP contribution in [-0.2, 0) is 9.59 Å². The third-order valence-electron chi connectivity index (χ3n) is 5.33. The van der Waals surface area contributed by atoms with Crippen LogP contribution in [0, 0.1) is 0 Å². The number of methoxy groups -OCH3 is 1. The summed E-state index contributed by atoms with van der Waals surface area (Å²) in [5, 5.41) is 6.21. The van der Waals surface area contributed by atoms with E-state index in [1.807, 2.05) is 0 Å². The Kier molecular flexibility index (Phi) is 6.87. The highest BCUT2D eigenvalue weighted by atomic mass is 35.5. The molecule has 162 valence electrons. The van der Waals surface area contributed by atoms with E-state index in [0.717, 1.165) is 0 Å². The van der Waals surface area contributed by atoms with Gasteiger partial charge in [-0.05, 0) is 31.5 Å². The van der Waals surface area contributed by atoms with Crippen molar-refractivity contribution in [2.75, 3.05) is 33.3 Å². The van der Waals surface area contributed by atoms with Gasteiger partial charge in [-0.2, -0.15) is 0 Å². The SMILES string of the molecule is COc1ccc2c(c1)C(=O)NCC1(CCC(=O)N(CC(=O)NC/C=C(/C)Cl)CC1)O2. The molecule has 0 aromatic heterocycles. The largest absolute Gasteiger partial charge is 0.497 e. The molecule has 1 unspecified atom stereocenters. The molecule has 3 amide bonds.